The van der Waals surface area contributed by atoms with E-state index in [0.29, 0.717) is 12.3 Å². The quantitative estimate of drug-likeness (QED) is 0.856. The lowest BCUT2D eigenvalue weighted by Crippen LogP contribution is -2.18. The highest BCUT2D eigenvalue weighted by Gasteiger charge is 2.10. The van der Waals surface area contributed by atoms with Crippen LogP contribution in [0.15, 0.2) is 42.5 Å². The normalized spacial score (nSPS) is 12.0. The van der Waals surface area contributed by atoms with Crippen LogP contribution in [-0.2, 0) is 6.54 Å². The minimum atomic E-state index is 0.152. The molecule has 2 rings (SSSR count). The lowest BCUT2D eigenvalue weighted by Gasteiger charge is -2.17. The number of phenols is 1. The second-order valence-corrected chi connectivity index (χ2v) is 4.85. The zero-order chi connectivity index (χ0) is 15.2. The molecule has 112 valence electrons. The van der Waals surface area contributed by atoms with Crippen LogP contribution in [0.3, 0.4) is 0 Å². The van der Waals surface area contributed by atoms with Crippen LogP contribution in [0.1, 0.15) is 24.1 Å². The lowest BCUT2D eigenvalue weighted by molar-refractivity contribution is 0.372. The van der Waals surface area contributed by atoms with Crippen LogP contribution >= 0.6 is 0 Å². The highest BCUT2D eigenvalue weighted by Crippen LogP contribution is 2.27. The van der Waals surface area contributed by atoms with E-state index in [-0.39, 0.29) is 11.8 Å². The van der Waals surface area contributed by atoms with E-state index in [1.807, 2.05) is 36.4 Å². The Bertz CT molecular complexity index is 598. The van der Waals surface area contributed by atoms with Crippen molar-refractivity contribution in [2.24, 2.45) is 0 Å². The van der Waals surface area contributed by atoms with Crippen molar-refractivity contribution < 1.29 is 14.6 Å². The average molecular weight is 287 g/mol. The molecule has 0 fully saturated rings. The third kappa shape index (κ3) is 3.67. The number of para-hydroxylation sites is 1. The molecule has 1 atom stereocenters. The van der Waals surface area contributed by atoms with E-state index in [9.17, 15) is 5.11 Å². The van der Waals surface area contributed by atoms with E-state index < -0.39 is 0 Å². The largest absolute Gasteiger partial charge is 0.504 e. The van der Waals surface area contributed by atoms with Gasteiger partial charge in [0.2, 0.25) is 0 Å². The molecule has 0 amide bonds. The average Bonchev–Trinajstić information content (AvgIpc) is 2.53. The van der Waals surface area contributed by atoms with Crippen LogP contribution in [0.25, 0.3) is 0 Å². The summed E-state index contributed by atoms with van der Waals surface area (Å²) in [7, 11) is 3.22. The van der Waals surface area contributed by atoms with Gasteiger partial charge in [-0.05, 0) is 30.7 Å². The SMILES string of the molecule is COc1cc(CNC(C)c2ccccc2OC)ccc1O. The highest BCUT2D eigenvalue weighted by molar-refractivity contribution is 5.42. The molecule has 0 radical (unpaired) electrons. The molecule has 1 unspecified atom stereocenters. The zero-order valence-electron chi connectivity index (χ0n) is 12.6. The number of aromatic hydroxyl groups is 1. The van der Waals surface area contributed by atoms with Crippen molar-refractivity contribution in [2.75, 3.05) is 14.2 Å². The maximum absolute atomic E-state index is 9.60. The second-order valence-electron chi connectivity index (χ2n) is 4.85. The first-order valence-corrected chi connectivity index (χ1v) is 6.88. The second kappa shape index (κ2) is 6.99. The first-order chi connectivity index (χ1) is 10.2. The van der Waals surface area contributed by atoms with Gasteiger partial charge in [-0.3, -0.25) is 0 Å². The molecule has 2 aromatic carbocycles. The maximum Gasteiger partial charge on any atom is 0.160 e. The predicted octanol–water partition coefficient (Wildman–Crippen LogP) is 3.26. The minimum Gasteiger partial charge on any atom is -0.504 e. The van der Waals surface area contributed by atoms with E-state index in [0.717, 1.165) is 16.9 Å². The summed E-state index contributed by atoms with van der Waals surface area (Å²) in [5.74, 6) is 1.51. The van der Waals surface area contributed by atoms with E-state index in [1.165, 1.54) is 0 Å². The lowest BCUT2D eigenvalue weighted by atomic mass is 10.1. The summed E-state index contributed by atoms with van der Waals surface area (Å²) in [4.78, 5) is 0. The summed E-state index contributed by atoms with van der Waals surface area (Å²) in [5.41, 5.74) is 2.16. The molecule has 0 aromatic heterocycles. The van der Waals surface area contributed by atoms with Crippen molar-refractivity contribution in [3.63, 3.8) is 0 Å². The number of benzene rings is 2. The molecule has 4 heteroatoms. The molecule has 0 aliphatic carbocycles. The highest BCUT2D eigenvalue weighted by atomic mass is 16.5. The van der Waals surface area contributed by atoms with Crippen molar-refractivity contribution in [1.82, 2.24) is 5.32 Å². The van der Waals surface area contributed by atoms with Crippen molar-refractivity contribution >= 4 is 0 Å². The molecule has 4 nitrogen and oxygen atoms in total. The van der Waals surface area contributed by atoms with Crippen LogP contribution < -0.4 is 14.8 Å². The number of hydrogen-bond donors (Lipinski definition) is 2. The summed E-state index contributed by atoms with van der Waals surface area (Å²) >= 11 is 0. The fourth-order valence-electron chi connectivity index (χ4n) is 2.24. The van der Waals surface area contributed by atoms with Gasteiger partial charge in [0.1, 0.15) is 5.75 Å². The fourth-order valence-corrected chi connectivity index (χ4v) is 2.24. The molecule has 0 aliphatic heterocycles. The number of nitrogens with one attached hydrogen (secondary N) is 1. The Morgan fingerprint density at radius 2 is 1.76 bits per heavy atom. The Balaban J connectivity index is 2.05. The molecule has 0 saturated heterocycles. The van der Waals surface area contributed by atoms with Crippen LogP contribution in [0, 0.1) is 0 Å². The summed E-state index contributed by atoms with van der Waals surface area (Å²) in [6.07, 6.45) is 0. The molecule has 2 N–H and O–H groups in total. The van der Waals surface area contributed by atoms with Gasteiger partial charge in [0.05, 0.1) is 14.2 Å². The van der Waals surface area contributed by atoms with Crippen molar-refractivity contribution in [1.29, 1.82) is 0 Å². The maximum atomic E-state index is 9.60. The van der Waals surface area contributed by atoms with Crippen LogP contribution in [0.5, 0.6) is 17.2 Å². The molecule has 0 spiro atoms. The predicted molar refractivity (Wildman–Crippen MR) is 82.9 cm³/mol. The Kier molecular flexibility index (Phi) is 5.06. The molecule has 0 aliphatic rings. The monoisotopic (exact) mass is 287 g/mol. The summed E-state index contributed by atoms with van der Waals surface area (Å²) in [5, 5.41) is 13.0. The molecular weight excluding hydrogens is 266 g/mol. The van der Waals surface area contributed by atoms with E-state index in [2.05, 4.69) is 12.2 Å². The third-order valence-electron chi connectivity index (χ3n) is 3.46. The molecule has 0 saturated carbocycles. The summed E-state index contributed by atoms with van der Waals surface area (Å²) in [6.45, 7) is 2.77. The van der Waals surface area contributed by atoms with Gasteiger partial charge < -0.3 is 19.9 Å². The van der Waals surface area contributed by atoms with Crippen LogP contribution in [0.4, 0.5) is 0 Å². The number of ether oxygens (including phenoxy) is 2. The topological polar surface area (TPSA) is 50.7 Å². The van der Waals surface area contributed by atoms with Crippen molar-refractivity contribution in [3.05, 3.63) is 53.6 Å². The fraction of sp³-hybridized carbons (Fsp3) is 0.294. The molecule has 2 aromatic rings. The summed E-state index contributed by atoms with van der Waals surface area (Å²) < 4.78 is 10.5. The van der Waals surface area contributed by atoms with E-state index in [4.69, 9.17) is 9.47 Å². The van der Waals surface area contributed by atoms with Crippen molar-refractivity contribution in [2.45, 2.75) is 19.5 Å². The zero-order valence-corrected chi connectivity index (χ0v) is 12.6. The van der Waals surface area contributed by atoms with Gasteiger partial charge in [0.25, 0.3) is 0 Å². The molecule has 21 heavy (non-hydrogen) atoms. The first-order valence-electron chi connectivity index (χ1n) is 6.88. The third-order valence-corrected chi connectivity index (χ3v) is 3.46. The van der Waals surface area contributed by atoms with Gasteiger partial charge in [-0.15, -0.1) is 0 Å². The van der Waals surface area contributed by atoms with Gasteiger partial charge >= 0.3 is 0 Å². The van der Waals surface area contributed by atoms with Crippen molar-refractivity contribution in [3.8, 4) is 17.2 Å². The van der Waals surface area contributed by atoms with E-state index in [1.54, 1.807) is 20.3 Å². The Morgan fingerprint density at radius 1 is 1.05 bits per heavy atom. The molecular formula is C17H21NO3. The minimum absolute atomic E-state index is 0.152. The molecule has 0 heterocycles. The van der Waals surface area contributed by atoms with Gasteiger partial charge in [0.15, 0.2) is 11.5 Å². The summed E-state index contributed by atoms with van der Waals surface area (Å²) in [6, 6.07) is 13.5. The number of phenolic OH excluding ortho intramolecular Hbond substituents is 1. The van der Waals surface area contributed by atoms with E-state index >= 15 is 0 Å². The number of rotatable bonds is 6. The number of hydrogen-bond acceptors (Lipinski definition) is 4. The van der Waals surface area contributed by atoms with Gasteiger partial charge in [-0.2, -0.15) is 0 Å². The van der Waals surface area contributed by atoms with Crippen LogP contribution in [0.2, 0.25) is 0 Å². The Hall–Kier alpha value is -2.20. The number of methoxy groups -OCH3 is 2. The van der Waals surface area contributed by atoms with Crippen LogP contribution in [-0.4, -0.2) is 19.3 Å². The first kappa shape index (κ1) is 15.2. The van der Waals surface area contributed by atoms with Gasteiger partial charge in [0, 0.05) is 18.2 Å². The smallest absolute Gasteiger partial charge is 0.160 e. The van der Waals surface area contributed by atoms with Gasteiger partial charge in [-0.1, -0.05) is 24.3 Å². The molecule has 0 bridgehead atoms. The standard InChI is InChI=1S/C17H21NO3/c1-12(14-6-4-5-7-16(14)20-2)18-11-13-8-9-15(19)17(10-13)21-3/h4-10,12,18-19H,11H2,1-3H3. The van der Waals surface area contributed by atoms with Gasteiger partial charge in [-0.25, -0.2) is 0 Å². The Labute approximate surface area is 125 Å². The Morgan fingerprint density at radius 3 is 2.48 bits per heavy atom.